The van der Waals surface area contributed by atoms with Crippen LogP contribution in [0.3, 0.4) is 0 Å². The molecule has 0 saturated carbocycles. The molecular formula is C22H24F3N3O3. The number of anilines is 1. The summed E-state index contributed by atoms with van der Waals surface area (Å²) in [4.78, 5) is 28.9. The van der Waals surface area contributed by atoms with Crippen molar-refractivity contribution in [2.75, 3.05) is 18.0 Å². The zero-order valence-corrected chi connectivity index (χ0v) is 17.6. The Morgan fingerprint density at radius 1 is 1.10 bits per heavy atom. The molecule has 9 heteroatoms. The van der Waals surface area contributed by atoms with E-state index in [1.807, 2.05) is 18.7 Å². The molecule has 2 aromatic rings. The number of rotatable bonds is 4. The maximum atomic E-state index is 12.8. The highest BCUT2D eigenvalue weighted by Gasteiger charge is 2.34. The number of carbonyl (C=O) groups excluding carboxylic acids is 1. The van der Waals surface area contributed by atoms with Gasteiger partial charge in [0.15, 0.2) is 0 Å². The fourth-order valence-corrected chi connectivity index (χ4v) is 4.34. The summed E-state index contributed by atoms with van der Waals surface area (Å²) in [5.74, 6) is -0.00901. The van der Waals surface area contributed by atoms with Crippen LogP contribution in [-0.4, -0.2) is 34.8 Å². The second kappa shape index (κ2) is 7.62. The van der Waals surface area contributed by atoms with Crippen LogP contribution in [0.15, 0.2) is 29.1 Å². The van der Waals surface area contributed by atoms with Crippen molar-refractivity contribution in [1.29, 1.82) is 0 Å². The molecule has 4 rings (SSSR count). The number of aromatic nitrogens is 1. The van der Waals surface area contributed by atoms with E-state index in [-0.39, 0.29) is 23.1 Å². The number of ether oxygens (including phenoxy) is 1. The molecular weight excluding hydrogens is 411 g/mol. The monoisotopic (exact) mass is 435 g/mol. The quantitative estimate of drug-likeness (QED) is 0.740. The highest BCUT2D eigenvalue weighted by molar-refractivity contribution is 5.77. The molecule has 6 nitrogen and oxygen atoms in total. The van der Waals surface area contributed by atoms with Crippen molar-refractivity contribution in [2.45, 2.75) is 39.7 Å². The average Bonchev–Trinajstić information content (AvgIpc) is 3.12. The van der Waals surface area contributed by atoms with Crippen molar-refractivity contribution >= 4 is 11.6 Å². The molecule has 0 spiro atoms. The largest absolute Gasteiger partial charge is 0.573 e. The molecule has 2 aliphatic heterocycles. The third-order valence-corrected chi connectivity index (χ3v) is 6.29. The molecule has 0 radical (unpaired) electrons. The Balaban J connectivity index is 1.32. The average molecular weight is 435 g/mol. The standard InChI is InChI=1S/C22H24F3N3O3/c1-13-14(2)21(30)26(3)19-12-28(11-18(13)19)20(29)8-15-9-27(10-15)16-4-6-17(7-5-16)31-22(23,24)25/h4-7,15H,8-12H2,1-3H3. The molecule has 1 aromatic heterocycles. The minimum atomic E-state index is -4.71. The number of benzene rings is 1. The van der Waals surface area contributed by atoms with E-state index in [0.717, 1.165) is 28.1 Å². The predicted octanol–water partition coefficient (Wildman–Crippen LogP) is 3.27. The zero-order valence-electron chi connectivity index (χ0n) is 17.6. The molecule has 1 aromatic carbocycles. The number of hydrogen-bond donors (Lipinski definition) is 0. The maximum Gasteiger partial charge on any atom is 0.573 e. The van der Waals surface area contributed by atoms with E-state index in [9.17, 15) is 22.8 Å². The molecule has 1 fully saturated rings. The van der Waals surface area contributed by atoms with Crippen LogP contribution in [0, 0.1) is 19.8 Å². The van der Waals surface area contributed by atoms with Crippen LogP contribution < -0.4 is 15.2 Å². The van der Waals surface area contributed by atoms with Crippen molar-refractivity contribution in [1.82, 2.24) is 9.47 Å². The normalized spacial score (nSPS) is 16.3. The van der Waals surface area contributed by atoms with Crippen molar-refractivity contribution < 1.29 is 22.7 Å². The van der Waals surface area contributed by atoms with Gasteiger partial charge in [0.05, 0.1) is 6.54 Å². The summed E-state index contributed by atoms with van der Waals surface area (Å²) in [6.45, 7) is 6.04. The highest BCUT2D eigenvalue weighted by Crippen LogP contribution is 2.32. The van der Waals surface area contributed by atoms with E-state index in [2.05, 4.69) is 4.74 Å². The van der Waals surface area contributed by atoms with E-state index in [1.165, 1.54) is 12.1 Å². The Morgan fingerprint density at radius 3 is 2.35 bits per heavy atom. The summed E-state index contributed by atoms with van der Waals surface area (Å²) >= 11 is 0. The van der Waals surface area contributed by atoms with Gasteiger partial charge in [0.2, 0.25) is 5.91 Å². The minimum Gasteiger partial charge on any atom is -0.406 e. The second-order valence-electron chi connectivity index (χ2n) is 8.31. The van der Waals surface area contributed by atoms with Crippen LogP contribution in [-0.2, 0) is 24.9 Å². The fourth-order valence-electron chi connectivity index (χ4n) is 4.34. The molecule has 0 atom stereocenters. The van der Waals surface area contributed by atoms with Gasteiger partial charge in [-0.15, -0.1) is 13.2 Å². The summed E-state index contributed by atoms with van der Waals surface area (Å²) in [5.41, 5.74) is 4.42. The van der Waals surface area contributed by atoms with Gasteiger partial charge in [0, 0.05) is 56.0 Å². The number of hydrogen-bond acceptors (Lipinski definition) is 4. The number of alkyl halides is 3. The lowest BCUT2D eigenvalue weighted by Gasteiger charge is -2.41. The van der Waals surface area contributed by atoms with E-state index < -0.39 is 6.36 Å². The SMILES string of the molecule is Cc1c2c(n(C)c(=O)c1C)CN(C(=O)CC1CN(c3ccc(OC(F)(F)F)cc3)C1)C2. The lowest BCUT2D eigenvalue weighted by atomic mass is 9.95. The summed E-state index contributed by atoms with van der Waals surface area (Å²) < 4.78 is 42.3. The molecule has 166 valence electrons. The molecule has 0 N–H and O–H groups in total. The lowest BCUT2D eigenvalue weighted by Crippen LogP contribution is -2.48. The van der Waals surface area contributed by atoms with Crippen molar-refractivity contribution in [3.8, 4) is 5.75 Å². The smallest absolute Gasteiger partial charge is 0.406 e. The Bertz CT molecular complexity index is 1070. The van der Waals surface area contributed by atoms with E-state index in [1.54, 1.807) is 28.6 Å². The Hall–Kier alpha value is -2.97. The van der Waals surface area contributed by atoms with E-state index >= 15 is 0 Å². The summed E-state index contributed by atoms with van der Waals surface area (Å²) in [6, 6.07) is 5.75. The van der Waals surface area contributed by atoms with Crippen molar-refractivity contribution in [3.63, 3.8) is 0 Å². The Kier molecular flexibility index (Phi) is 5.23. The fraction of sp³-hybridized carbons (Fsp3) is 0.455. The molecule has 0 bridgehead atoms. The van der Waals surface area contributed by atoms with Gasteiger partial charge in [-0.3, -0.25) is 9.59 Å². The van der Waals surface area contributed by atoms with Gasteiger partial charge < -0.3 is 19.1 Å². The number of carbonyl (C=O) groups is 1. The highest BCUT2D eigenvalue weighted by atomic mass is 19.4. The summed E-state index contributed by atoms with van der Waals surface area (Å²) in [7, 11) is 1.75. The van der Waals surface area contributed by atoms with Crippen LogP contribution >= 0.6 is 0 Å². The minimum absolute atomic E-state index is 0.0214. The summed E-state index contributed by atoms with van der Waals surface area (Å²) in [5, 5.41) is 0. The molecule has 31 heavy (non-hydrogen) atoms. The number of pyridine rings is 1. The molecule has 2 aliphatic rings. The van der Waals surface area contributed by atoms with E-state index in [4.69, 9.17) is 0 Å². The molecule has 0 unspecified atom stereocenters. The molecule has 3 heterocycles. The van der Waals surface area contributed by atoms with Gasteiger partial charge in [-0.25, -0.2) is 0 Å². The van der Waals surface area contributed by atoms with Crippen LogP contribution in [0.1, 0.15) is 28.8 Å². The van der Waals surface area contributed by atoms with Crippen LogP contribution in [0.4, 0.5) is 18.9 Å². The number of fused-ring (bicyclic) bond motifs is 1. The van der Waals surface area contributed by atoms with Gasteiger partial charge in [-0.05, 0) is 49.2 Å². The molecule has 0 aliphatic carbocycles. The first-order valence-corrected chi connectivity index (χ1v) is 10.1. The Labute approximate surface area is 177 Å². The first-order valence-electron chi connectivity index (χ1n) is 10.1. The Morgan fingerprint density at radius 2 is 1.74 bits per heavy atom. The van der Waals surface area contributed by atoms with Gasteiger partial charge in [-0.2, -0.15) is 0 Å². The third-order valence-electron chi connectivity index (χ3n) is 6.29. The second-order valence-corrected chi connectivity index (χ2v) is 8.31. The third kappa shape index (κ3) is 4.13. The van der Waals surface area contributed by atoms with Crippen LogP contribution in [0.2, 0.25) is 0 Å². The molecule has 1 amide bonds. The number of halogens is 3. The first-order chi connectivity index (χ1) is 14.5. The van der Waals surface area contributed by atoms with Crippen LogP contribution in [0.5, 0.6) is 5.75 Å². The maximum absolute atomic E-state index is 12.8. The van der Waals surface area contributed by atoms with Gasteiger partial charge >= 0.3 is 6.36 Å². The number of amides is 1. The topological polar surface area (TPSA) is 54.8 Å². The van der Waals surface area contributed by atoms with Crippen LogP contribution in [0.25, 0.3) is 0 Å². The van der Waals surface area contributed by atoms with Gasteiger partial charge in [0.25, 0.3) is 5.56 Å². The van der Waals surface area contributed by atoms with Gasteiger partial charge in [-0.1, -0.05) is 0 Å². The molecule has 1 saturated heterocycles. The lowest BCUT2D eigenvalue weighted by molar-refractivity contribution is -0.274. The summed E-state index contributed by atoms with van der Waals surface area (Å²) in [6.07, 6.45) is -4.30. The van der Waals surface area contributed by atoms with Crippen molar-refractivity contribution in [3.05, 3.63) is 57.0 Å². The zero-order chi connectivity index (χ0) is 22.5. The van der Waals surface area contributed by atoms with E-state index in [0.29, 0.717) is 32.6 Å². The number of nitrogens with zero attached hydrogens (tertiary/aromatic N) is 3. The van der Waals surface area contributed by atoms with Gasteiger partial charge in [0.1, 0.15) is 5.75 Å². The van der Waals surface area contributed by atoms with Crippen molar-refractivity contribution in [2.24, 2.45) is 13.0 Å². The first kappa shape index (κ1) is 21.3. The predicted molar refractivity (Wildman–Crippen MR) is 109 cm³/mol.